The quantitative estimate of drug-likeness (QED) is 0.800. The fourth-order valence-electron chi connectivity index (χ4n) is 2.08. The molecule has 1 aromatic carbocycles. The molecule has 0 unspecified atom stereocenters. The van der Waals surface area contributed by atoms with Gasteiger partial charge in [-0.3, -0.25) is 0 Å². The molecule has 0 saturated heterocycles. The van der Waals surface area contributed by atoms with E-state index >= 15 is 0 Å². The Hall–Kier alpha value is -1.04. The topological polar surface area (TPSA) is 30.5 Å². The Morgan fingerprint density at radius 1 is 1.19 bits per heavy atom. The summed E-state index contributed by atoms with van der Waals surface area (Å²) < 4.78 is 12.0. The van der Waals surface area contributed by atoms with Crippen LogP contribution in [0.15, 0.2) is 28.1 Å². The van der Waals surface area contributed by atoms with Gasteiger partial charge in [-0.25, -0.2) is 0 Å². The van der Waals surface area contributed by atoms with E-state index < -0.39 is 0 Å². The zero-order valence-corrected chi connectivity index (χ0v) is 15.1. The summed E-state index contributed by atoms with van der Waals surface area (Å²) in [5, 5.41) is 5.54. The Bertz CT molecular complexity index is 610. The average Bonchev–Trinajstić information content (AvgIpc) is 2.90. The van der Waals surface area contributed by atoms with Crippen molar-refractivity contribution in [3.63, 3.8) is 0 Å². The molecule has 5 heteroatoms. The third-order valence-electron chi connectivity index (χ3n) is 3.17. The molecule has 1 N–H and O–H groups in total. The van der Waals surface area contributed by atoms with E-state index in [0.717, 1.165) is 22.5 Å². The maximum atomic E-state index is 5.44. The van der Waals surface area contributed by atoms with Gasteiger partial charge >= 0.3 is 0 Å². The molecule has 1 heterocycles. The molecule has 3 nitrogen and oxygen atoms in total. The normalized spacial score (nSPS) is 11.0. The average molecular weight is 370 g/mol. The molecule has 0 spiro atoms. The van der Waals surface area contributed by atoms with Crippen LogP contribution >= 0.6 is 27.3 Å². The van der Waals surface area contributed by atoms with Crippen LogP contribution in [0.25, 0.3) is 10.4 Å². The molecular formula is C16H20BrNO2S. The van der Waals surface area contributed by atoms with Crippen molar-refractivity contribution in [3.8, 4) is 21.9 Å². The van der Waals surface area contributed by atoms with Crippen molar-refractivity contribution in [1.82, 2.24) is 5.32 Å². The highest BCUT2D eigenvalue weighted by Crippen LogP contribution is 2.41. The van der Waals surface area contributed by atoms with Crippen LogP contribution in [0.5, 0.6) is 11.5 Å². The maximum Gasteiger partial charge on any atom is 0.161 e. The standard InChI is InChI=1S/C16H20BrNO2S/c1-10(2)18-9-11-7-14(19-3)15(20-4)8-12(11)16-13(17)5-6-21-16/h5-8,10,18H,9H2,1-4H3. The minimum Gasteiger partial charge on any atom is -0.493 e. The molecule has 0 fully saturated rings. The van der Waals surface area contributed by atoms with Crippen LogP contribution in [0, 0.1) is 0 Å². The third kappa shape index (κ3) is 3.78. The lowest BCUT2D eigenvalue weighted by Crippen LogP contribution is -2.22. The molecule has 0 saturated carbocycles. The molecule has 0 radical (unpaired) electrons. The largest absolute Gasteiger partial charge is 0.493 e. The molecule has 0 amide bonds. The number of hydrogen-bond acceptors (Lipinski definition) is 4. The van der Waals surface area contributed by atoms with Crippen molar-refractivity contribution in [2.75, 3.05) is 14.2 Å². The summed E-state index contributed by atoms with van der Waals surface area (Å²) in [4.78, 5) is 1.21. The minimum atomic E-state index is 0.428. The number of ether oxygens (including phenoxy) is 2. The van der Waals surface area contributed by atoms with Gasteiger partial charge in [0.05, 0.1) is 14.2 Å². The van der Waals surface area contributed by atoms with Crippen molar-refractivity contribution in [2.45, 2.75) is 26.4 Å². The number of rotatable bonds is 6. The molecule has 2 aromatic rings. The van der Waals surface area contributed by atoms with Crippen LogP contribution in [-0.4, -0.2) is 20.3 Å². The third-order valence-corrected chi connectivity index (χ3v) is 5.04. The van der Waals surface area contributed by atoms with Crippen LogP contribution in [0.4, 0.5) is 0 Å². The second kappa shape index (κ2) is 7.29. The summed E-state index contributed by atoms with van der Waals surface area (Å²) in [5.41, 5.74) is 2.37. The van der Waals surface area contributed by atoms with E-state index in [-0.39, 0.29) is 0 Å². The molecular weight excluding hydrogens is 350 g/mol. The van der Waals surface area contributed by atoms with E-state index in [1.807, 2.05) is 6.07 Å². The number of nitrogens with one attached hydrogen (secondary N) is 1. The molecule has 114 valence electrons. The first kappa shape index (κ1) is 16.3. The first-order chi connectivity index (χ1) is 10.1. The summed E-state index contributed by atoms with van der Waals surface area (Å²) in [6.45, 7) is 5.07. The summed E-state index contributed by atoms with van der Waals surface area (Å²) in [7, 11) is 3.33. The van der Waals surface area contributed by atoms with Gasteiger partial charge in [-0.05, 0) is 45.1 Å². The van der Waals surface area contributed by atoms with Gasteiger partial charge < -0.3 is 14.8 Å². The van der Waals surface area contributed by atoms with Crippen LogP contribution in [-0.2, 0) is 6.54 Å². The van der Waals surface area contributed by atoms with Gasteiger partial charge in [-0.1, -0.05) is 13.8 Å². The van der Waals surface area contributed by atoms with Crippen molar-refractivity contribution >= 4 is 27.3 Å². The summed E-state index contributed by atoms with van der Waals surface area (Å²) in [5.74, 6) is 1.51. The van der Waals surface area contributed by atoms with Crippen molar-refractivity contribution in [1.29, 1.82) is 0 Å². The Balaban J connectivity index is 2.51. The second-order valence-electron chi connectivity index (χ2n) is 5.00. The Morgan fingerprint density at radius 2 is 1.86 bits per heavy atom. The van der Waals surface area contributed by atoms with E-state index in [1.54, 1.807) is 25.6 Å². The Kier molecular flexibility index (Phi) is 5.67. The first-order valence-electron chi connectivity index (χ1n) is 6.78. The van der Waals surface area contributed by atoms with Gasteiger partial charge in [0, 0.05) is 27.5 Å². The van der Waals surface area contributed by atoms with Crippen molar-refractivity contribution in [3.05, 3.63) is 33.6 Å². The summed E-state index contributed by atoms with van der Waals surface area (Å²) in [6, 6.07) is 6.59. The lowest BCUT2D eigenvalue weighted by molar-refractivity contribution is 0.354. The fraction of sp³-hybridized carbons (Fsp3) is 0.375. The summed E-state index contributed by atoms with van der Waals surface area (Å²) in [6.07, 6.45) is 0. The number of methoxy groups -OCH3 is 2. The number of halogens is 1. The van der Waals surface area contributed by atoms with Crippen LogP contribution in [0.3, 0.4) is 0 Å². The fourth-order valence-corrected chi connectivity index (χ4v) is 3.72. The zero-order valence-electron chi connectivity index (χ0n) is 12.7. The number of hydrogen-bond donors (Lipinski definition) is 1. The van der Waals surface area contributed by atoms with E-state index in [2.05, 4.69) is 52.6 Å². The highest BCUT2D eigenvalue weighted by molar-refractivity contribution is 9.10. The van der Waals surface area contributed by atoms with Crippen LogP contribution < -0.4 is 14.8 Å². The van der Waals surface area contributed by atoms with Gasteiger partial charge in [-0.15, -0.1) is 11.3 Å². The van der Waals surface area contributed by atoms with E-state index in [9.17, 15) is 0 Å². The van der Waals surface area contributed by atoms with Crippen molar-refractivity contribution < 1.29 is 9.47 Å². The Labute approximate surface area is 138 Å². The van der Waals surface area contributed by atoms with Crippen LogP contribution in [0.2, 0.25) is 0 Å². The predicted molar refractivity (Wildman–Crippen MR) is 92.5 cm³/mol. The molecule has 0 aliphatic rings. The Morgan fingerprint density at radius 3 is 2.38 bits per heavy atom. The van der Waals surface area contributed by atoms with E-state index in [4.69, 9.17) is 9.47 Å². The van der Waals surface area contributed by atoms with Crippen molar-refractivity contribution in [2.24, 2.45) is 0 Å². The lowest BCUT2D eigenvalue weighted by Gasteiger charge is -2.16. The zero-order chi connectivity index (χ0) is 15.4. The minimum absolute atomic E-state index is 0.428. The van der Waals surface area contributed by atoms with Gasteiger partial charge in [0.25, 0.3) is 0 Å². The highest BCUT2D eigenvalue weighted by atomic mass is 79.9. The summed E-state index contributed by atoms with van der Waals surface area (Å²) >= 11 is 5.33. The highest BCUT2D eigenvalue weighted by Gasteiger charge is 2.15. The lowest BCUT2D eigenvalue weighted by atomic mass is 10.0. The molecule has 21 heavy (non-hydrogen) atoms. The van der Waals surface area contributed by atoms with Gasteiger partial charge in [0.2, 0.25) is 0 Å². The molecule has 0 atom stereocenters. The SMILES string of the molecule is COc1cc(CNC(C)C)c(-c2sccc2Br)cc1OC. The van der Waals surface area contributed by atoms with E-state index in [0.29, 0.717) is 6.04 Å². The molecule has 0 aliphatic heterocycles. The first-order valence-corrected chi connectivity index (χ1v) is 8.45. The molecule has 2 rings (SSSR count). The second-order valence-corrected chi connectivity index (χ2v) is 6.77. The molecule has 0 aliphatic carbocycles. The number of benzene rings is 1. The maximum absolute atomic E-state index is 5.44. The van der Waals surface area contributed by atoms with Gasteiger partial charge in [-0.2, -0.15) is 0 Å². The van der Waals surface area contributed by atoms with E-state index in [1.165, 1.54) is 16.0 Å². The number of thiophene rings is 1. The van der Waals surface area contributed by atoms with Gasteiger partial charge in [0.15, 0.2) is 11.5 Å². The van der Waals surface area contributed by atoms with Gasteiger partial charge in [0.1, 0.15) is 0 Å². The monoisotopic (exact) mass is 369 g/mol. The predicted octanol–water partition coefficient (Wildman–Crippen LogP) is 4.69. The molecule has 1 aromatic heterocycles. The van der Waals surface area contributed by atoms with Crippen LogP contribution in [0.1, 0.15) is 19.4 Å². The molecule has 0 bridgehead atoms. The smallest absolute Gasteiger partial charge is 0.161 e.